The summed E-state index contributed by atoms with van der Waals surface area (Å²) in [7, 11) is 0. The molecule has 4 heterocycles. The number of thiazole rings is 1. The van der Waals surface area contributed by atoms with Gasteiger partial charge in [0.25, 0.3) is 0 Å². The molecule has 0 spiro atoms. The average Bonchev–Trinajstić information content (AvgIpc) is 3.43. The van der Waals surface area contributed by atoms with E-state index in [1.165, 1.54) is 37.6 Å². The van der Waals surface area contributed by atoms with Crippen LogP contribution in [0, 0.1) is 0 Å². The number of aliphatic hydroxyl groups is 2. The van der Waals surface area contributed by atoms with Gasteiger partial charge in [-0.2, -0.15) is 0 Å². The summed E-state index contributed by atoms with van der Waals surface area (Å²) in [6, 6.07) is 1.80. The van der Waals surface area contributed by atoms with Crippen molar-refractivity contribution < 1.29 is 19.4 Å². The van der Waals surface area contributed by atoms with Crippen molar-refractivity contribution in [3.05, 3.63) is 52.5 Å². The molecule has 13 heteroatoms. The van der Waals surface area contributed by atoms with Gasteiger partial charge in [-0.05, 0) is 0 Å². The fourth-order valence-corrected chi connectivity index (χ4v) is 7.47. The van der Waals surface area contributed by atoms with Crippen LogP contribution >= 0.6 is 22.9 Å². The van der Waals surface area contributed by atoms with E-state index in [1.54, 1.807) is 43.0 Å². The zero-order valence-corrected chi connectivity index (χ0v) is 23.6. The number of halogens is 2. The molecule has 4 aromatic heterocycles. The van der Waals surface area contributed by atoms with Crippen LogP contribution in [0.2, 0.25) is 5.02 Å². The van der Waals surface area contributed by atoms with Crippen molar-refractivity contribution in [1.29, 1.82) is 0 Å². The van der Waals surface area contributed by atoms with E-state index in [1.807, 2.05) is 0 Å². The number of amides is 1. The Labute approximate surface area is 222 Å². The Morgan fingerprint density at radius 3 is 2.61 bits per heavy atom. The first-order chi connectivity index (χ1) is 16.8. The fourth-order valence-electron chi connectivity index (χ4n) is 3.18. The van der Waals surface area contributed by atoms with E-state index < -0.39 is 39.0 Å². The number of alkyl halides is 1. The van der Waals surface area contributed by atoms with Crippen molar-refractivity contribution in [1.82, 2.24) is 29.9 Å². The minimum atomic E-state index is -1.64. The van der Waals surface area contributed by atoms with Gasteiger partial charge in [-0.15, -0.1) is 0 Å². The summed E-state index contributed by atoms with van der Waals surface area (Å²) in [6.45, 7) is 5.72. The van der Waals surface area contributed by atoms with Gasteiger partial charge in [-0.3, -0.25) is 0 Å². The van der Waals surface area contributed by atoms with Gasteiger partial charge in [0.05, 0.1) is 0 Å². The zero-order valence-electron chi connectivity index (χ0n) is 20.0. The molecule has 0 aliphatic rings. The molecule has 0 aliphatic heterocycles. The van der Waals surface area contributed by atoms with E-state index in [0.29, 0.717) is 27.5 Å². The van der Waals surface area contributed by atoms with Gasteiger partial charge in [-0.25, -0.2) is 0 Å². The molecule has 4 aromatic rings. The van der Waals surface area contributed by atoms with Crippen molar-refractivity contribution in [2.75, 3.05) is 6.54 Å². The van der Waals surface area contributed by atoms with E-state index in [9.17, 15) is 19.4 Å². The van der Waals surface area contributed by atoms with E-state index in [0.717, 1.165) is 13.0 Å². The molecule has 3 N–H and O–H groups in total. The van der Waals surface area contributed by atoms with E-state index in [4.69, 9.17) is 11.6 Å². The van der Waals surface area contributed by atoms with Crippen LogP contribution in [0.25, 0.3) is 16.9 Å². The summed E-state index contributed by atoms with van der Waals surface area (Å²) in [5, 5.41) is 27.4. The second-order valence-corrected chi connectivity index (χ2v) is 14.1. The van der Waals surface area contributed by atoms with Crippen molar-refractivity contribution in [2.24, 2.45) is 0 Å². The quantitative estimate of drug-likeness (QED) is 0.263. The van der Waals surface area contributed by atoms with Crippen LogP contribution in [0.4, 0.5) is 4.39 Å². The van der Waals surface area contributed by atoms with Gasteiger partial charge in [0.2, 0.25) is 0 Å². The molecule has 0 aromatic carbocycles. The molecule has 9 nitrogen and oxygen atoms in total. The minimum absolute atomic E-state index is 0.300. The molecule has 0 radical (unpaired) electrons. The Bertz CT molecular complexity index is 1420. The Balaban J connectivity index is 1.71. The van der Waals surface area contributed by atoms with Crippen LogP contribution in [0.1, 0.15) is 42.9 Å². The molecule has 190 valence electrons. The average molecular weight is 595 g/mol. The van der Waals surface area contributed by atoms with E-state index >= 15 is 0 Å². The molecule has 0 saturated carbocycles. The third kappa shape index (κ3) is 5.92. The first-order valence-electron chi connectivity index (χ1n) is 10.9. The Morgan fingerprint density at radius 2 is 1.94 bits per heavy atom. The Morgan fingerprint density at radius 1 is 1.19 bits per heavy atom. The summed E-state index contributed by atoms with van der Waals surface area (Å²) in [5.41, 5.74) is -0.529. The predicted octanol–water partition coefficient (Wildman–Crippen LogP) is 1.35. The summed E-state index contributed by atoms with van der Waals surface area (Å²) in [6.07, 6.45) is 6.22. The molecule has 2 atom stereocenters. The molecule has 0 aliphatic carbocycles. The number of rotatable bonds is 8. The van der Waals surface area contributed by atoms with Crippen LogP contribution < -0.4 is 13.5 Å². The monoisotopic (exact) mass is 594 g/mol. The summed E-state index contributed by atoms with van der Waals surface area (Å²) in [4.78, 5) is 27.0. The normalized spacial score (nSPS) is 13.6. The van der Waals surface area contributed by atoms with Crippen LogP contribution in [0.5, 0.6) is 0 Å². The number of nitrogens with one attached hydrogen (secondary N) is 1. The summed E-state index contributed by atoms with van der Waals surface area (Å²) < 4.78 is 17.3. The molecule has 36 heavy (non-hydrogen) atoms. The molecular formula is C23H25AsClFN6O3S. The van der Waals surface area contributed by atoms with Gasteiger partial charge in [0.15, 0.2) is 0 Å². The van der Waals surface area contributed by atoms with Crippen molar-refractivity contribution in [3.8, 4) is 11.3 Å². The van der Waals surface area contributed by atoms with Gasteiger partial charge in [0.1, 0.15) is 0 Å². The first-order valence-corrected chi connectivity index (χ1v) is 14.2. The molecule has 0 bridgehead atoms. The SMILES string of the molecule is CC(C)(O)c1cnc([AsH]c2cc(-c3cnn4cc(Cl)cnc34)ncc2C(=O)NC[C@@H](F)C(C)(C)O)s1. The maximum absolute atomic E-state index is 14.2. The number of carbonyl (C=O) groups is 1. The number of pyridine rings is 1. The van der Waals surface area contributed by atoms with Gasteiger partial charge >= 0.3 is 223 Å². The molecule has 0 saturated heterocycles. The topological polar surface area (TPSA) is 126 Å². The number of fused-ring (bicyclic) bond motifs is 1. The standard InChI is InChI=1S/C23H25AsClFN6O3S/c1-22(2,34)17(26)9-29-20(33)13-7-27-16(14-8-31-32-11-12(25)6-28-19(14)32)5-15(13)24-21-30-10-18(36-21)23(3,4)35/h5-8,10-11,17,24,34-35H,9H2,1-4H3,(H,29,33)/t17-/m1/s1. The number of carbonyl (C=O) groups excluding carboxylic acids is 1. The second-order valence-electron chi connectivity index (χ2n) is 9.26. The van der Waals surface area contributed by atoms with E-state index in [-0.39, 0.29) is 6.54 Å². The van der Waals surface area contributed by atoms with Crippen LogP contribution in [-0.4, -0.2) is 74.8 Å². The van der Waals surface area contributed by atoms with Crippen molar-refractivity contribution >= 4 is 58.4 Å². The number of hydrogen-bond donors (Lipinski definition) is 3. The predicted molar refractivity (Wildman–Crippen MR) is 139 cm³/mol. The number of nitrogens with zero attached hydrogens (tertiary/aromatic N) is 5. The van der Waals surface area contributed by atoms with E-state index in [2.05, 4.69) is 25.4 Å². The van der Waals surface area contributed by atoms with Crippen molar-refractivity contribution in [3.63, 3.8) is 0 Å². The first kappa shape index (κ1) is 26.6. The number of aromatic nitrogens is 5. The molecular weight excluding hydrogens is 570 g/mol. The number of hydrogen-bond acceptors (Lipinski definition) is 8. The maximum atomic E-state index is 14.2. The van der Waals surface area contributed by atoms with Crippen LogP contribution in [-0.2, 0) is 5.60 Å². The zero-order chi connectivity index (χ0) is 26.3. The Kier molecular flexibility index (Phi) is 7.50. The molecule has 4 rings (SSSR count). The van der Waals surface area contributed by atoms with Gasteiger partial charge in [0, 0.05) is 0 Å². The molecule has 1 amide bonds. The van der Waals surface area contributed by atoms with Gasteiger partial charge < -0.3 is 0 Å². The molecule has 0 fully saturated rings. The summed E-state index contributed by atoms with van der Waals surface area (Å²) >= 11 is 6.27. The fraction of sp³-hybridized carbons (Fsp3) is 0.348. The Hall–Kier alpha value is -2.43. The third-order valence-electron chi connectivity index (χ3n) is 5.31. The summed E-state index contributed by atoms with van der Waals surface area (Å²) in [5.74, 6) is -0.497. The van der Waals surface area contributed by atoms with Crippen LogP contribution in [0.15, 0.2) is 37.1 Å². The van der Waals surface area contributed by atoms with Gasteiger partial charge in [-0.1, -0.05) is 0 Å². The second kappa shape index (κ2) is 10.1. The third-order valence-corrected chi connectivity index (χ3v) is 9.95. The van der Waals surface area contributed by atoms with Crippen molar-refractivity contribution in [2.45, 2.75) is 45.1 Å². The molecule has 1 unspecified atom stereocenters. The van der Waals surface area contributed by atoms with Crippen LogP contribution in [0.3, 0.4) is 0 Å².